The zero-order valence-corrected chi connectivity index (χ0v) is 6.84. The van der Waals surface area contributed by atoms with Gasteiger partial charge in [0.25, 0.3) is 0 Å². The molecule has 0 spiro atoms. The molecular formula is C9H16O. The summed E-state index contributed by atoms with van der Waals surface area (Å²) >= 11 is 0. The topological polar surface area (TPSA) is 12.5 Å². The first-order valence-electron chi connectivity index (χ1n) is 4.44. The van der Waals surface area contributed by atoms with Crippen LogP contribution in [0.3, 0.4) is 0 Å². The van der Waals surface area contributed by atoms with Crippen molar-refractivity contribution in [1.29, 1.82) is 0 Å². The molecule has 4 atom stereocenters. The summed E-state index contributed by atoms with van der Waals surface area (Å²) in [5.41, 5.74) is 0. The molecule has 0 aromatic heterocycles. The Morgan fingerprint density at radius 1 is 1.00 bits per heavy atom. The van der Waals surface area contributed by atoms with Crippen LogP contribution in [0.25, 0.3) is 0 Å². The van der Waals surface area contributed by atoms with Crippen LogP contribution in [0.15, 0.2) is 0 Å². The molecule has 0 aromatic rings. The van der Waals surface area contributed by atoms with Crippen LogP contribution in [0, 0.1) is 11.8 Å². The highest BCUT2D eigenvalue weighted by molar-refractivity contribution is 4.94. The Hall–Kier alpha value is -0.0400. The van der Waals surface area contributed by atoms with Gasteiger partial charge in [0.05, 0.1) is 12.2 Å². The first-order chi connectivity index (χ1) is 4.79. The van der Waals surface area contributed by atoms with Gasteiger partial charge >= 0.3 is 0 Å². The summed E-state index contributed by atoms with van der Waals surface area (Å²) in [6, 6.07) is 0. The van der Waals surface area contributed by atoms with E-state index in [1.54, 1.807) is 0 Å². The van der Waals surface area contributed by atoms with E-state index in [0.717, 1.165) is 11.8 Å². The number of ether oxygens (including phenoxy) is 1. The van der Waals surface area contributed by atoms with Crippen LogP contribution < -0.4 is 0 Å². The van der Waals surface area contributed by atoms with Crippen molar-refractivity contribution in [2.75, 3.05) is 0 Å². The normalized spacial score (nSPS) is 53.4. The third-order valence-corrected chi connectivity index (χ3v) is 3.00. The lowest BCUT2D eigenvalue weighted by molar-refractivity contribution is 0.266. The van der Waals surface area contributed by atoms with Crippen LogP contribution >= 0.6 is 0 Å². The minimum atomic E-state index is 0.637. The number of hydrogen-bond acceptors (Lipinski definition) is 1. The second kappa shape index (κ2) is 2.23. The highest BCUT2D eigenvalue weighted by Crippen LogP contribution is 2.41. The molecule has 1 saturated carbocycles. The summed E-state index contributed by atoms with van der Waals surface area (Å²) in [4.78, 5) is 0. The van der Waals surface area contributed by atoms with Gasteiger partial charge in [-0.2, -0.15) is 0 Å². The van der Waals surface area contributed by atoms with Gasteiger partial charge in [0, 0.05) is 0 Å². The third kappa shape index (κ3) is 0.968. The van der Waals surface area contributed by atoms with Crippen molar-refractivity contribution in [3.63, 3.8) is 0 Å². The van der Waals surface area contributed by atoms with Crippen LogP contribution in [0.1, 0.15) is 33.1 Å². The van der Waals surface area contributed by atoms with Gasteiger partial charge in [0.15, 0.2) is 0 Å². The standard InChI is InChI=1S/C9H16O/c1-6-4-3-5-7(2)9-8(6)10-9/h6-9H,3-5H2,1-2H3. The lowest BCUT2D eigenvalue weighted by atomic mass is 10.0. The second-order valence-corrected chi connectivity index (χ2v) is 3.95. The van der Waals surface area contributed by atoms with Crippen LogP contribution in [0.4, 0.5) is 0 Å². The van der Waals surface area contributed by atoms with E-state index in [-0.39, 0.29) is 0 Å². The van der Waals surface area contributed by atoms with Crippen molar-refractivity contribution in [1.82, 2.24) is 0 Å². The van der Waals surface area contributed by atoms with Gasteiger partial charge in [-0.05, 0) is 24.7 Å². The number of epoxide rings is 1. The monoisotopic (exact) mass is 140 g/mol. The van der Waals surface area contributed by atoms with E-state index in [4.69, 9.17) is 4.74 Å². The van der Waals surface area contributed by atoms with Crippen molar-refractivity contribution in [3.8, 4) is 0 Å². The third-order valence-electron chi connectivity index (χ3n) is 3.00. The van der Waals surface area contributed by atoms with Gasteiger partial charge in [-0.15, -0.1) is 0 Å². The fourth-order valence-corrected chi connectivity index (χ4v) is 2.14. The molecule has 1 heterocycles. The first kappa shape index (κ1) is 6.66. The van der Waals surface area contributed by atoms with Crippen LogP contribution in [0.2, 0.25) is 0 Å². The number of hydrogen-bond donors (Lipinski definition) is 0. The molecule has 2 fully saturated rings. The zero-order chi connectivity index (χ0) is 7.14. The van der Waals surface area contributed by atoms with E-state index < -0.39 is 0 Å². The molecule has 2 rings (SSSR count). The average Bonchev–Trinajstić information content (AvgIpc) is 2.63. The summed E-state index contributed by atoms with van der Waals surface area (Å²) in [6.07, 6.45) is 5.45. The molecule has 1 nitrogen and oxygen atoms in total. The minimum Gasteiger partial charge on any atom is -0.369 e. The average molecular weight is 140 g/mol. The van der Waals surface area contributed by atoms with Gasteiger partial charge in [-0.25, -0.2) is 0 Å². The Balaban J connectivity index is 2.00. The molecule has 4 unspecified atom stereocenters. The van der Waals surface area contributed by atoms with Gasteiger partial charge in [-0.3, -0.25) is 0 Å². The Kier molecular flexibility index (Phi) is 1.48. The van der Waals surface area contributed by atoms with Gasteiger partial charge in [-0.1, -0.05) is 20.3 Å². The SMILES string of the molecule is CC1CCCC(C)C2OC12. The summed E-state index contributed by atoms with van der Waals surface area (Å²) in [5.74, 6) is 1.66. The predicted molar refractivity (Wildman–Crippen MR) is 40.8 cm³/mol. The molecular weight excluding hydrogens is 124 g/mol. The highest BCUT2D eigenvalue weighted by Gasteiger charge is 2.47. The number of fused-ring (bicyclic) bond motifs is 1. The maximum atomic E-state index is 5.58. The Labute approximate surface area is 62.8 Å². The van der Waals surface area contributed by atoms with E-state index in [1.807, 2.05) is 0 Å². The smallest absolute Gasteiger partial charge is 0.0870 e. The first-order valence-corrected chi connectivity index (χ1v) is 4.44. The molecule has 1 heteroatoms. The van der Waals surface area contributed by atoms with Crippen molar-refractivity contribution in [3.05, 3.63) is 0 Å². The molecule has 58 valence electrons. The molecule has 1 saturated heterocycles. The largest absolute Gasteiger partial charge is 0.369 e. The molecule has 0 radical (unpaired) electrons. The molecule has 10 heavy (non-hydrogen) atoms. The summed E-state index contributed by atoms with van der Waals surface area (Å²) in [7, 11) is 0. The van der Waals surface area contributed by atoms with Gasteiger partial charge in [0.2, 0.25) is 0 Å². The molecule has 1 aliphatic carbocycles. The fraction of sp³-hybridized carbons (Fsp3) is 1.00. The fourth-order valence-electron chi connectivity index (χ4n) is 2.14. The van der Waals surface area contributed by atoms with E-state index in [0.29, 0.717) is 12.2 Å². The van der Waals surface area contributed by atoms with Crippen LogP contribution in [0.5, 0.6) is 0 Å². The molecule has 1 aliphatic heterocycles. The van der Waals surface area contributed by atoms with Gasteiger partial charge < -0.3 is 4.74 Å². The van der Waals surface area contributed by atoms with Gasteiger partial charge in [0.1, 0.15) is 0 Å². The van der Waals surface area contributed by atoms with E-state index in [9.17, 15) is 0 Å². The molecule has 2 aliphatic rings. The Bertz CT molecular complexity index is 119. The molecule has 0 bridgehead atoms. The summed E-state index contributed by atoms with van der Waals surface area (Å²) in [5, 5.41) is 0. The van der Waals surface area contributed by atoms with Crippen molar-refractivity contribution in [2.24, 2.45) is 11.8 Å². The summed E-state index contributed by atoms with van der Waals surface area (Å²) in [6.45, 7) is 4.64. The van der Waals surface area contributed by atoms with E-state index in [2.05, 4.69) is 13.8 Å². The lowest BCUT2D eigenvalue weighted by Crippen LogP contribution is -2.07. The zero-order valence-electron chi connectivity index (χ0n) is 6.84. The maximum absolute atomic E-state index is 5.58. The Morgan fingerprint density at radius 3 is 2.00 bits per heavy atom. The van der Waals surface area contributed by atoms with Crippen LogP contribution in [-0.4, -0.2) is 12.2 Å². The maximum Gasteiger partial charge on any atom is 0.0870 e. The number of rotatable bonds is 0. The highest BCUT2D eigenvalue weighted by atomic mass is 16.6. The quantitative estimate of drug-likeness (QED) is 0.470. The predicted octanol–water partition coefficient (Wildman–Crippen LogP) is 2.21. The molecule has 0 amide bonds. The summed E-state index contributed by atoms with van der Waals surface area (Å²) < 4.78 is 5.58. The Morgan fingerprint density at radius 2 is 1.50 bits per heavy atom. The minimum absolute atomic E-state index is 0.637. The molecule has 0 N–H and O–H groups in total. The van der Waals surface area contributed by atoms with Crippen LogP contribution in [-0.2, 0) is 4.74 Å². The lowest BCUT2D eigenvalue weighted by Gasteiger charge is -2.04. The van der Waals surface area contributed by atoms with E-state index >= 15 is 0 Å². The van der Waals surface area contributed by atoms with Crippen molar-refractivity contribution in [2.45, 2.75) is 45.3 Å². The van der Waals surface area contributed by atoms with E-state index in [1.165, 1.54) is 19.3 Å². The molecule has 0 aromatic carbocycles. The van der Waals surface area contributed by atoms with Crippen molar-refractivity contribution < 1.29 is 4.74 Å². The van der Waals surface area contributed by atoms with Crippen molar-refractivity contribution >= 4 is 0 Å². The second-order valence-electron chi connectivity index (χ2n) is 3.95.